The molecular formula is C20H44CrO4P2. The molecule has 0 atom stereocenters. The van der Waals surface area contributed by atoms with E-state index in [2.05, 4.69) is 27.7 Å². The summed E-state index contributed by atoms with van der Waals surface area (Å²) >= 11 is 0. The number of hydrogen-bond donors (Lipinski definition) is 0. The first-order chi connectivity index (χ1) is 12.2. The molecule has 0 heterocycles. The Morgan fingerprint density at radius 1 is 0.481 bits per heavy atom. The molecule has 4 nitrogen and oxygen atoms in total. The minimum absolute atomic E-state index is 0. The molecule has 0 fully saturated rings. The molecule has 0 rings (SSSR count). The quantitative estimate of drug-likeness (QED) is 0.208. The van der Waals surface area contributed by atoms with E-state index in [-0.39, 0.29) is 17.4 Å². The van der Waals surface area contributed by atoms with E-state index < -0.39 is 14.7 Å². The molecule has 0 bridgehead atoms. The van der Waals surface area contributed by atoms with Gasteiger partial charge in [-0.25, -0.2) is 0 Å². The van der Waals surface area contributed by atoms with Crippen LogP contribution in [0.2, 0.25) is 0 Å². The van der Waals surface area contributed by atoms with Crippen molar-refractivity contribution in [3.8, 4) is 0 Å². The van der Waals surface area contributed by atoms with Crippen LogP contribution in [0.3, 0.4) is 0 Å². The fourth-order valence-corrected chi connectivity index (χ4v) is 5.90. The van der Waals surface area contributed by atoms with Crippen LogP contribution in [-0.4, -0.2) is 24.6 Å². The Hall–Kier alpha value is 0.912. The Morgan fingerprint density at radius 2 is 0.667 bits per heavy atom. The summed E-state index contributed by atoms with van der Waals surface area (Å²) in [6.07, 6.45) is 13.6. The van der Waals surface area contributed by atoms with Gasteiger partial charge in [-0.05, 0) is 50.3 Å². The zero-order valence-corrected chi connectivity index (χ0v) is 21.3. The minimum atomic E-state index is -3.00. The summed E-state index contributed by atoms with van der Waals surface area (Å²) in [5.41, 5.74) is 0. The van der Waals surface area contributed by atoms with Crippen molar-refractivity contribution in [3.63, 3.8) is 0 Å². The maximum Gasteiger partial charge on any atom is 2.00 e. The Balaban J connectivity index is -0.000000411. The molecule has 0 amide bonds. The van der Waals surface area contributed by atoms with Crippen LogP contribution in [0.4, 0.5) is 0 Å². The third-order valence-electron chi connectivity index (χ3n) is 4.41. The summed E-state index contributed by atoms with van der Waals surface area (Å²) in [7, 11) is -6.00. The van der Waals surface area contributed by atoms with Crippen LogP contribution in [0.25, 0.3) is 0 Å². The topological polar surface area (TPSA) is 80.3 Å². The van der Waals surface area contributed by atoms with Crippen molar-refractivity contribution in [2.24, 2.45) is 0 Å². The molecule has 0 radical (unpaired) electrons. The molecule has 0 saturated heterocycles. The van der Waals surface area contributed by atoms with Crippen LogP contribution < -0.4 is 9.79 Å². The molecule has 0 aromatic rings. The molecule has 164 valence electrons. The van der Waals surface area contributed by atoms with Crippen LogP contribution >= 0.6 is 14.7 Å². The fraction of sp³-hybridized carbons (Fsp3) is 1.00. The summed E-state index contributed by atoms with van der Waals surface area (Å²) in [6, 6.07) is 0. The smallest absolute Gasteiger partial charge is 0.799 e. The Bertz CT molecular complexity index is 328. The zero-order valence-electron chi connectivity index (χ0n) is 18.2. The Labute approximate surface area is 180 Å². The van der Waals surface area contributed by atoms with Crippen molar-refractivity contribution in [2.75, 3.05) is 24.6 Å². The van der Waals surface area contributed by atoms with Crippen molar-refractivity contribution in [2.45, 2.75) is 105 Å². The molecule has 0 saturated carbocycles. The SMILES string of the molecule is CCCCCP(=O)([O-])CCCCC.CCCCCP(=O)([O-])CCCCC.[Cr+2]. The largest absolute Gasteiger partial charge is 2.00 e. The molecule has 0 N–H and O–H groups in total. The van der Waals surface area contributed by atoms with Gasteiger partial charge >= 0.3 is 17.4 Å². The van der Waals surface area contributed by atoms with Gasteiger partial charge in [-0.3, -0.25) is 0 Å². The van der Waals surface area contributed by atoms with Gasteiger partial charge in [0.15, 0.2) is 0 Å². The van der Waals surface area contributed by atoms with E-state index in [4.69, 9.17) is 0 Å². The maximum atomic E-state index is 11.4. The molecule has 0 aliphatic heterocycles. The second-order valence-electron chi connectivity index (χ2n) is 7.35. The maximum absolute atomic E-state index is 11.4. The standard InChI is InChI=1S/2C10H23O2P.Cr/c2*1-3-5-7-9-13(11,12)10-8-6-4-2;/h2*3-10H2,1-2H3,(H,11,12);/q;;+2/p-2. The van der Waals surface area contributed by atoms with Gasteiger partial charge in [0.2, 0.25) is 0 Å². The van der Waals surface area contributed by atoms with Crippen LogP contribution in [0.5, 0.6) is 0 Å². The van der Waals surface area contributed by atoms with Gasteiger partial charge < -0.3 is 18.9 Å². The van der Waals surface area contributed by atoms with E-state index in [0.29, 0.717) is 24.6 Å². The third kappa shape index (κ3) is 26.9. The zero-order chi connectivity index (χ0) is 20.3. The predicted octanol–water partition coefficient (Wildman–Crippen LogP) is 6.01. The Kier molecular flexibility index (Phi) is 26.1. The van der Waals surface area contributed by atoms with Crippen LogP contribution in [0.15, 0.2) is 0 Å². The van der Waals surface area contributed by atoms with Crippen LogP contribution in [0.1, 0.15) is 105 Å². The van der Waals surface area contributed by atoms with Crippen LogP contribution in [-0.2, 0) is 26.5 Å². The average molecular weight is 463 g/mol. The van der Waals surface area contributed by atoms with E-state index in [1.165, 1.54) is 0 Å². The van der Waals surface area contributed by atoms with Gasteiger partial charge in [0.05, 0.1) is 0 Å². The minimum Gasteiger partial charge on any atom is -0.799 e. The number of hydrogen-bond acceptors (Lipinski definition) is 4. The summed E-state index contributed by atoms with van der Waals surface area (Å²) in [6.45, 7) is 8.36. The summed E-state index contributed by atoms with van der Waals surface area (Å²) < 4.78 is 22.8. The molecule has 0 aromatic heterocycles. The van der Waals surface area contributed by atoms with Gasteiger partial charge in [-0.1, -0.05) is 79.1 Å². The Morgan fingerprint density at radius 3 is 0.815 bits per heavy atom. The van der Waals surface area contributed by atoms with Crippen LogP contribution in [0, 0.1) is 0 Å². The average Bonchev–Trinajstić information content (AvgIpc) is 2.56. The van der Waals surface area contributed by atoms with Gasteiger partial charge in [0, 0.05) is 14.7 Å². The number of rotatable bonds is 16. The van der Waals surface area contributed by atoms with Crippen molar-refractivity contribution >= 4 is 14.7 Å². The molecule has 27 heavy (non-hydrogen) atoms. The molecule has 7 heteroatoms. The first kappa shape index (κ1) is 32.6. The fourth-order valence-electron chi connectivity index (χ4n) is 2.63. The predicted molar refractivity (Wildman–Crippen MR) is 113 cm³/mol. The van der Waals surface area contributed by atoms with Gasteiger partial charge in [0.25, 0.3) is 0 Å². The first-order valence-electron chi connectivity index (χ1n) is 10.8. The summed E-state index contributed by atoms with van der Waals surface area (Å²) in [5, 5.41) is 0. The van der Waals surface area contributed by atoms with Crippen molar-refractivity contribution in [1.29, 1.82) is 0 Å². The molecular weight excluding hydrogens is 418 g/mol. The van der Waals surface area contributed by atoms with E-state index in [9.17, 15) is 18.9 Å². The van der Waals surface area contributed by atoms with Crippen molar-refractivity contribution < 1.29 is 36.3 Å². The van der Waals surface area contributed by atoms with Crippen molar-refractivity contribution in [3.05, 3.63) is 0 Å². The monoisotopic (exact) mass is 462 g/mol. The first-order valence-corrected chi connectivity index (χ1v) is 14.8. The summed E-state index contributed by atoms with van der Waals surface area (Å²) in [4.78, 5) is 22.8. The third-order valence-corrected chi connectivity index (χ3v) is 8.40. The number of unbranched alkanes of at least 4 members (excludes halogenated alkanes) is 8. The van der Waals surface area contributed by atoms with Gasteiger partial charge in [-0.15, -0.1) is 0 Å². The second kappa shape index (κ2) is 21.6. The van der Waals surface area contributed by atoms with Gasteiger partial charge in [0.1, 0.15) is 0 Å². The van der Waals surface area contributed by atoms with Gasteiger partial charge in [-0.2, -0.15) is 0 Å². The van der Waals surface area contributed by atoms with Crippen molar-refractivity contribution in [1.82, 2.24) is 0 Å². The molecule has 0 aliphatic rings. The van der Waals surface area contributed by atoms with E-state index in [1.807, 2.05) is 0 Å². The van der Waals surface area contributed by atoms with E-state index >= 15 is 0 Å². The molecule has 0 unspecified atom stereocenters. The molecule has 0 spiro atoms. The van der Waals surface area contributed by atoms with E-state index in [0.717, 1.165) is 77.0 Å². The normalized spacial score (nSPS) is 11.5. The molecule has 0 aliphatic carbocycles. The second-order valence-corrected chi connectivity index (χ2v) is 12.4. The summed E-state index contributed by atoms with van der Waals surface area (Å²) in [5.74, 6) is 0. The van der Waals surface area contributed by atoms with E-state index in [1.54, 1.807) is 0 Å². The molecule has 0 aromatic carbocycles.